The van der Waals surface area contributed by atoms with Gasteiger partial charge in [0.05, 0.1) is 29.7 Å². The van der Waals surface area contributed by atoms with E-state index in [-0.39, 0.29) is 17.8 Å². The van der Waals surface area contributed by atoms with Gasteiger partial charge in [-0.3, -0.25) is 4.79 Å². The van der Waals surface area contributed by atoms with E-state index in [0.29, 0.717) is 43.8 Å². The van der Waals surface area contributed by atoms with Crippen molar-refractivity contribution in [1.29, 1.82) is 0 Å². The minimum Gasteiger partial charge on any atom is -0.493 e. The van der Waals surface area contributed by atoms with Crippen molar-refractivity contribution < 1.29 is 18.6 Å². The van der Waals surface area contributed by atoms with E-state index in [1.165, 1.54) is 0 Å². The molecule has 33 heavy (non-hydrogen) atoms. The van der Waals surface area contributed by atoms with Crippen LogP contribution in [0.25, 0.3) is 22.3 Å². The molecule has 0 spiro atoms. The number of ether oxygens (including phenoxy) is 3. The third-order valence-corrected chi connectivity index (χ3v) is 6.22. The van der Waals surface area contributed by atoms with Crippen molar-refractivity contribution in [3.05, 3.63) is 85.5 Å². The molecule has 5 nitrogen and oxygen atoms in total. The van der Waals surface area contributed by atoms with Gasteiger partial charge in [-0.15, -0.1) is 0 Å². The van der Waals surface area contributed by atoms with Crippen LogP contribution in [0.2, 0.25) is 10.0 Å². The predicted octanol–water partition coefficient (Wildman–Crippen LogP) is 6.98. The molecule has 4 rings (SSSR count). The Balaban J connectivity index is 1.88. The largest absolute Gasteiger partial charge is 0.493 e. The average molecular weight is 485 g/mol. The van der Waals surface area contributed by atoms with Gasteiger partial charge < -0.3 is 18.6 Å². The summed E-state index contributed by atoms with van der Waals surface area (Å²) in [5, 5.41) is 1.31. The summed E-state index contributed by atoms with van der Waals surface area (Å²) in [6.45, 7) is 4.03. The van der Waals surface area contributed by atoms with Crippen LogP contribution in [0, 0.1) is 13.8 Å². The standard InChI is InChI=1S/C26H22Cl2O5/c1-14-9-18-22(10-15(14)2)33-25(17-6-8-21(30-3)23(12-17)31-4)26(24(18)29)32-13-16-5-7-19(27)20(28)11-16/h5-12H,13H2,1-4H3. The molecule has 0 aliphatic rings. The predicted molar refractivity (Wildman–Crippen MR) is 131 cm³/mol. The van der Waals surface area contributed by atoms with Crippen LogP contribution >= 0.6 is 23.2 Å². The van der Waals surface area contributed by atoms with Gasteiger partial charge >= 0.3 is 0 Å². The van der Waals surface area contributed by atoms with E-state index in [2.05, 4.69) is 0 Å². The van der Waals surface area contributed by atoms with Crippen molar-refractivity contribution in [3.8, 4) is 28.6 Å². The minimum atomic E-state index is -0.260. The van der Waals surface area contributed by atoms with Crippen LogP contribution in [0.4, 0.5) is 0 Å². The van der Waals surface area contributed by atoms with Crippen LogP contribution in [0.15, 0.2) is 57.7 Å². The first-order valence-corrected chi connectivity index (χ1v) is 10.9. The molecule has 1 aromatic heterocycles. The van der Waals surface area contributed by atoms with E-state index in [9.17, 15) is 4.79 Å². The van der Waals surface area contributed by atoms with Gasteiger partial charge in [-0.2, -0.15) is 0 Å². The van der Waals surface area contributed by atoms with Crippen LogP contribution in [0.1, 0.15) is 16.7 Å². The topological polar surface area (TPSA) is 57.9 Å². The summed E-state index contributed by atoms with van der Waals surface area (Å²) < 4.78 is 23.0. The van der Waals surface area contributed by atoms with Gasteiger partial charge in [-0.05, 0) is 73.0 Å². The lowest BCUT2D eigenvalue weighted by Gasteiger charge is -2.14. The van der Waals surface area contributed by atoms with E-state index >= 15 is 0 Å². The Kier molecular flexibility index (Phi) is 6.54. The molecule has 0 N–H and O–H groups in total. The lowest BCUT2D eigenvalue weighted by atomic mass is 10.0. The summed E-state index contributed by atoms with van der Waals surface area (Å²) in [4.78, 5) is 13.5. The fourth-order valence-electron chi connectivity index (χ4n) is 3.52. The van der Waals surface area contributed by atoms with Gasteiger partial charge in [0.15, 0.2) is 17.3 Å². The molecular weight excluding hydrogens is 463 g/mol. The number of benzene rings is 3. The number of rotatable bonds is 6. The third kappa shape index (κ3) is 4.52. The molecule has 0 saturated heterocycles. The Morgan fingerprint density at radius 3 is 2.27 bits per heavy atom. The highest BCUT2D eigenvalue weighted by atomic mass is 35.5. The molecule has 0 aliphatic heterocycles. The second-order valence-electron chi connectivity index (χ2n) is 7.63. The quantitative estimate of drug-likeness (QED) is 0.295. The SMILES string of the molecule is COc1ccc(-c2oc3cc(C)c(C)cc3c(=O)c2OCc2ccc(Cl)c(Cl)c2)cc1OC. The van der Waals surface area contributed by atoms with Gasteiger partial charge in [0, 0.05) is 5.56 Å². The van der Waals surface area contributed by atoms with E-state index in [1.807, 2.05) is 26.0 Å². The van der Waals surface area contributed by atoms with Crippen LogP contribution in [-0.2, 0) is 6.61 Å². The van der Waals surface area contributed by atoms with Gasteiger partial charge in [0.2, 0.25) is 11.2 Å². The van der Waals surface area contributed by atoms with Crippen molar-refractivity contribution in [3.63, 3.8) is 0 Å². The molecule has 1 heterocycles. The highest BCUT2D eigenvalue weighted by Gasteiger charge is 2.20. The van der Waals surface area contributed by atoms with Gasteiger partial charge in [0.25, 0.3) is 0 Å². The zero-order valence-corrected chi connectivity index (χ0v) is 20.1. The van der Waals surface area contributed by atoms with Crippen LogP contribution in [0.5, 0.6) is 17.2 Å². The number of methoxy groups -OCH3 is 2. The van der Waals surface area contributed by atoms with E-state index in [1.54, 1.807) is 50.6 Å². The second-order valence-corrected chi connectivity index (χ2v) is 8.44. The summed E-state index contributed by atoms with van der Waals surface area (Å²) in [6, 6.07) is 14.2. The molecule has 4 aromatic rings. The smallest absolute Gasteiger partial charge is 0.235 e. The number of hydrogen-bond acceptors (Lipinski definition) is 5. The fraction of sp³-hybridized carbons (Fsp3) is 0.192. The van der Waals surface area contributed by atoms with Crippen molar-refractivity contribution >= 4 is 34.2 Å². The van der Waals surface area contributed by atoms with Crippen LogP contribution < -0.4 is 19.6 Å². The summed E-state index contributed by atoms with van der Waals surface area (Å²) >= 11 is 12.1. The summed E-state index contributed by atoms with van der Waals surface area (Å²) in [6.07, 6.45) is 0. The molecule has 3 aromatic carbocycles. The number of halogens is 2. The molecule has 170 valence electrons. The Morgan fingerprint density at radius 2 is 1.58 bits per heavy atom. The highest BCUT2D eigenvalue weighted by molar-refractivity contribution is 6.42. The molecule has 0 atom stereocenters. The zero-order valence-electron chi connectivity index (χ0n) is 18.6. The third-order valence-electron chi connectivity index (χ3n) is 5.48. The first-order chi connectivity index (χ1) is 15.8. The Morgan fingerprint density at radius 1 is 0.848 bits per heavy atom. The normalized spacial score (nSPS) is 11.0. The molecule has 0 amide bonds. The molecule has 0 radical (unpaired) electrons. The average Bonchev–Trinajstić information content (AvgIpc) is 2.81. The molecule has 0 aliphatic carbocycles. The lowest BCUT2D eigenvalue weighted by Crippen LogP contribution is -2.11. The molecule has 0 saturated carbocycles. The van der Waals surface area contributed by atoms with E-state index in [0.717, 1.165) is 16.7 Å². The van der Waals surface area contributed by atoms with Gasteiger partial charge in [-0.1, -0.05) is 29.3 Å². The van der Waals surface area contributed by atoms with Gasteiger partial charge in [0.1, 0.15) is 12.2 Å². The van der Waals surface area contributed by atoms with E-state index < -0.39 is 0 Å². The first kappa shape index (κ1) is 23.0. The molecule has 0 bridgehead atoms. The summed E-state index contributed by atoms with van der Waals surface area (Å²) in [5.41, 5.74) is 3.62. The van der Waals surface area contributed by atoms with Crippen LogP contribution in [-0.4, -0.2) is 14.2 Å². The van der Waals surface area contributed by atoms with Crippen molar-refractivity contribution in [2.75, 3.05) is 14.2 Å². The van der Waals surface area contributed by atoms with Crippen LogP contribution in [0.3, 0.4) is 0 Å². The molecular formula is C26H22Cl2O5. The lowest BCUT2D eigenvalue weighted by molar-refractivity contribution is 0.298. The molecule has 0 fully saturated rings. The maximum Gasteiger partial charge on any atom is 0.235 e. The van der Waals surface area contributed by atoms with Crippen molar-refractivity contribution in [1.82, 2.24) is 0 Å². The molecule has 0 unspecified atom stereocenters. The fourth-order valence-corrected chi connectivity index (χ4v) is 3.84. The summed E-state index contributed by atoms with van der Waals surface area (Å²) in [7, 11) is 3.11. The Labute approximate surface area is 201 Å². The number of fused-ring (bicyclic) bond motifs is 1. The van der Waals surface area contributed by atoms with Gasteiger partial charge in [-0.25, -0.2) is 0 Å². The molecule has 7 heteroatoms. The summed E-state index contributed by atoms with van der Waals surface area (Å²) in [5.74, 6) is 1.48. The monoisotopic (exact) mass is 484 g/mol. The van der Waals surface area contributed by atoms with Crippen molar-refractivity contribution in [2.45, 2.75) is 20.5 Å². The number of aryl methyl sites for hydroxylation is 2. The maximum absolute atomic E-state index is 13.5. The Bertz CT molecular complexity index is 1410. The number of hydrogen-bond donors (Lipinski definition) is 0. The zero-order chi connectivity index (χ0) is 23.7. The minimum absolute atomic E-state index is 0.101. The first-order valence-electron chi connectivity index (χ1n) is 10.2. The highest BCUT2D eigenvalue weighted by Crippen LogP contribution is 2.37. The van der Waals surface area contributed by atoms with Crippen molar-refractivity contribution in [2.24, 2.45) is 0 Å². The second kappa shape index (κ2) is 9.38. The maximum atomic E-state index is 13.5. The Hall–Kier alpha value is -3.15. The van der Waals surface area contributed by atoms with E-state index in [4.69, 9.17) is 41.8 Å².